The monoisotopic (exact) mass is 397 g/mol. The number of halogens is 1. The van der Waals surface area contributed by atoms with Gasteiger partial charge in [-0.05, 0) is 55.0 Å². The summed E-state index contributed by atoms with van der Waals surface area (Å²) < 4.78 is 23.2. The topological polar surface area (TPSA) is 94.3 Å². The van der Waals surface area contributed by atoms with Gasteiger partial charge in [-0.3, -0.25) is 4.79 Å². The lowest BCUT2D eigenvalue weighted by Crippen LogP contribution is -2.13. The van der Waals surface area contributed by atoms with E-state index in [1.54, 1.807) is 36.4 Å². The predicted molar refractivity (Wildman–Crippen MR) is 104 cm³/mol. The molecule has 0 bridgehead atoms. The molecule has 0 fully saturated rings. The van der Waals surface area contributed by atoms with Crippen LogP contribution in [0.3, 0.4) is 0 Å². The van der Waals surface area contributed by atoms with Crippen molar-refractivity contribution < 1.29 is 23.2 Å². The van der Waals surface area contributed by atoms with Gasteiger partial charge >= 0.3 is 5.97 Å². The Hall–Kier alpha value is -3.55. The van der Waals surface area contributed by atoms with E-state index >= 15 is 0 Å². The number of hydrogen-bond donors (Lipinski definition) is 1. The lowest BCUT2D eigenvalue weighted by Gasteiger charge is -2.06. The summed E-state index contributed by atoms with van der Waals surface area (Å²) in [6.07, 6.45) is 1.16. The number of rotatable bonds is 8. The highest BCUT2D eigenvalue weighted by Crippen LogP contribution is 2.17. The molecule has 2 aromatic carbocycles. The highest BCUT2D eigenvalue weighted by molar-refractivity contribution is 5.93. The molecule has 3 rings (SSSR count). The molecule has 1 amide bonds. The van der Waals surface area contributed by atoms with E-state index < -0.39 is 5.97 Å². The summed E-state index contributed by atoms with van der Waals surface area (Å²) in [6.45, 7) is 2.29. The Morgan fingerprint density at radius 2 is 1.83 bits per heavy atom. The Morgan fingerprint density at radius 3 is 2.52 bits per heavy atom. The van der Waals surface area contributed by atoms with Crippen LogP contribution in [0.1, 0.15) is 36.0 Å². The fraction of sp³-hybridized carbons (Fsp3) is 0.238. The molecule has 3 aromatic rings. The molecule has 0 radical (unpaired) electrons. The van der Waals surface area contributed by atoms with Crippen LogP contribution in [0.25, 0.3) is 11.4 Å². The average molecular weight is 397 g/mol. The minimum Gasteiger partial charge on any atom is -0.462 e. The maximum atomic E-state index is 13.0. The maximum absolute atomic E-state index is 13.0. The van der Waals surface area contributed by atoms with Gasteiger partial charge in [0.25, 0.3) is 0 Å². The first kappa shape index (κ1) is 20.2. The van der Waals surface area contributed by atoms with Crippen LogP contribution in [0.2, 0.25) is 0 Å². The molecule has 8 heteroatoms. The number of amides is 1. The van der Waals surface area contributed by atoms with E-state index in [0.29, 0.717) is 35.1 Å². The van der Waals surface area contributed by atoms with Gasteiger partial charge in [0.1, 0.15) is 5.82 Å². The second-order valence-corrected chi connectivity index (χ2v) is 6.28. The van der Waals surface area contributed by atoms with E-state index in [-0.39, 0.29) is 24.6 Å². The van der Waals surface area contributed by atoms with Gasteiger partial charge in [-0.15, -0.1) is 0 Å². The number of anilines is 1. The number of carbonyl (C=O) groups is 2. The zero-order valence-electron chi connectivity index (χ0n) is 15.9. The summed E-state index contributed by atoms with van der Waals surface area (Å²) >= 11 is 0. The smallest absolute Gasteiger partial charge is 0.338 e. The molecule has 29 heavy (non-hydrogen) atoms. The van der Waals surface area contributed by atoms with Gasteiger partial charge in [0.15, 0.2) is 0 Å². The molecule has 0 saturated heterocycles. The van der Waals surface area contributed by atoms with Crippen molar-refractivity contribution in [1.82, 2.24) is 10.1 Å². The molecule has 0 spiro atoms. The summed E-state index contributed by atoms with van der Waals surface area (Å²) in [6, 6.07) is 12.2. The first-order valence-electron chi connectivity index (χ1n) is 9.20. The zero-order valence-corrected chi connectivity index (χ0v) is 15.9. The van der Waals surface area contributed by atoms with E-state index in [4.69, 9.17) is 9.26 Å². The van der Waals surface area contributed by atoms with Crippen molar-refractivity contribution in [3.05, 3.63) is 65.8 Å². The Bertz CT molecular complexity index is 968. The maximum Gasteiger partial charge on any atom is 0.338 e. The normalized spacial score (nSPS) is 10.6. The van der Waals surface area contributed by atoms with Crippen LogP contribution >= 0.6 is 0 Å². The summed E-state index contributed by atoms with van der Waals surface area (Å²) in [7, 11) is 0. The Morgan fingerprint density at radius 1 is 1.10 bits per heavy atom. The van der Waals surface area contributed by atoms with Crippen molar-refractivity contribution in [2.24, 2.45) is 0 Å². The number of esters is 1. The molecule has 1 N–H and O–H groups in total. The number of aromatic nitrogens is 2. The van der Waals surface area contributed by atoms with Crippen molar-refractivity contribution in [3.8, 4) is 11.4 Å². The summed E-state index contributed by atoms with van der Waals surface area (Å²) in [5.74, 6) is -0.314. The lowest BCUT2D eigenvalue weighted by molar-refractivity contribution is -0.116. The fourth-order valence-electron chi connectivity index (χ4n) is 2.48. The molecular weight excluding hydrogens is 377 g/mol. The summed E-state index contributed by atoms with van der Waals surface area (Å²) in [5, 5.41) is 6.59. The predicted octanol–water partition coefficient (Wildman–Crippen LogP) is 4.01. The summed E-state index contributed by atoms with van der Waals surface area (Å²) in [5.41, 5.74) is 1.62. The van der Waals surface area contributed by atoms with Crippen LogP contribution < -0.4 is 5.32 Å². The largest absolute Gasteiger partial charge is 0.462 e. The third kappa shape index (κ3) is 5.71. The molecule has 0 aliphatic rings. The van der Waals surface area contributed by atoms with Crippen LogP contribution in [0, 0.1) is 5.82 Å². The van der Waals surface area contributed by atoms with Crippen LogP contribution in [-0.2, 0) is 16.0 Å². The van der Waals surface area contributed by atoms with Crippen LogP contribution in [-0.4, -0.2) is 28.6 Å². The molecular formula is C21H20FN3O4. The van der Waals surface area contributed by atoms with E-state index in [1.807, 2.05) is 6.92 Å². The van der Waals surface area contributed by atoms with E-state index in [0.717, 1.165) is 6.42 Å². The van der Waals surface area contributed by atoms with E-state index in [9.17, 15) is 14.0 Å². The summed E-state index contributed by atoms with van der Waals surface area (Å²) in [4.78, 5) is 28.1. The van der Waals surface area contributed by atoms with Gasteiger partial charge in [0.2, 0.25) is 17.6 Å². The first-order chi connectivity index (χ1) is 14.0. The Balaban J connectivity index is 1.50. The third-order valence-corrected chi connectivity index (χ3v) is 3.98. The second kappa shape index (κ2) is 9.59. The second-order valence-electron chi connectivity index (χ2n) is 6.28. The first-order valence-corrected chi connectivity index (χ1v) is 9.20. The van der Waals surface area contributed by atoms with Crippen molar-refractivity contribution >= 4 is 17.6 Å². The highest BCUT2D eigenvalue weighted by Gasteiger charge is 2.12. The number of aryl methyl sites for hydroxylation is 1. The van der Waals surface area contributed by atoms with E-state index in [1.165, 1.54) is 12.1 Å². The van der Waals surface area contributed by atoms with Crippen LogP contribution in [0.5, 0.6) is 0 Å². The molecule has 1 aromatic heterocycles. The fourth-order valence-corrected chi connectivity index (χ4v) is 2.48. The zero-order chi connectivity index (χ0) is 20.6. The molecule has 0 saturated carbocycles. The SMILES string of the molecule is CCCOC(=O)c1ccc(NC(=O)CCc2nc(-c3ccc(F)cc3)no2)cc1. The van der Waals surface area contributed by atoms with Crippen molar-refractivity contribution in [1.29, 1.82) is 0 Å². The lowest BCUT2D eigenvalue weighted by atomic mass is 10.2. The number of nitrogens with one attached hydrogen (secondary N) is 1. The molecule has 150 valence electrons. The van der Waals surface area contributed by atoms with Crippen molar-refractivity contribution in [2.45, 2.75) is 26.2 Å². The van der Waals surface area contributed by atoms with Gasteiger partial charge in [-0.25, -0.2) is 9.18 Å². The highest BCUT2D eigenvalue weighted by atomic mass is 19.1. The number of carbonyl (C=O) groups excluding carboxylic acids is 2. The third-order valence-electron chi connectivity index (χ3n) is 3.98. The number of ether oxygens (including phenoxy) is 1. The van der Waals surface area contributed by atoms with Crippen LogP contribution in [0.15, 0.2) is 53.1 Å². The molecule has 0 aliphatic carbocycles. The number of nitrogens with zero attached hydrogens (tertiary/aromatic N) is 2. The van der Waals surface area contributed by atoms with Crippen LogP contribution in [0.4, 0.5) is 10.1 Å². The standard InChI is InChI=1S/C21H20FN3O4/c1-2-13-28-21(27)15-5-9-17(10-6-15)23-18(26)11-12-19-24-20(25-29-19)14-3-7-16(22)8-4-14/h3-10H,2,11-13H2,1H3,(H,23,26). The van der Waals surface area contributed by atoms with Gasteiger partial charge in [0.05, 0.1) is 12.2 Å². The quantitative estimate of drug-likeness (QED) is 0.577. The Kier molecular flexibility index (Phi) is 6.67. The molecule has 7 nitrogen and oxygen atoms in total. The van der Waals surface area contributed by atoms with Gasteiger partial charge in [-0.2, -0.15) is 4.98 Å². The van der Waals surface area contributed by atoms with Crippen molar-refractivity contribution in [3.63, 3.8) is 0 Å². The van der Waals surface area contributed by atoms with Gasteiger partial charge in [-0.1, -0.05) is 12.1 Å². The van der Waals surface area contributed by atoms with Gasteiger partial charge < -0.3 is 14.6 Å². The van der Waals surface area contributed by atoms with Crippen molar-refractivity contribution in [2.75, 3.05) is 11.9 Å². The molecule has 0 aliphatic heterocycles. The molecule has 1 heterocycles. The Labute approximate surface area is 166 Å². The molecule has 0 unspecified atom stereocenters. The molecule has 0 atom stereocenters. The average Bonchev–Trinajstić information content (AvgIpc) is 3.20. The minimum atomic E-state index is -0.391. The van der Waals surface area contributed by atoms with Gasteiger partial charge in [0, 0.05) is 24.1 Å². The minimum absolute atomic E-state index is 0.144. The number of hydrogen-bond acceptors (Lipinski definition) is 6. The number of benzene rings is 2. The van der Waals surface area contributed by atoms with E-state index in [2.05, 4.69) is 15.5 Å².